The lowest BCUT2D eigenvalue weighted by Crippen LogP contribution is -2.41. The Balaban J connectivity index is 1.76. The third-order valence-electron chi connectivity index (χ3n) is 3.01. The fourth-order valence-electron chi connectivity index (χ4n) is 1.76. The standard InChI is InChI=1S/C13H19N5O2/c1-3-18-9-16-17-12(18)8-14-10(2)13(19)15-7-11-5-4-6-20-11/h4-6,9-10,14H,3,7-8H2,1-2H3,(H,15,19). The molecule has 2 heterocycles. The Morgan fingerprint density at radius 1 is 1.50 bits per heavy atom. The molecule has 2 rings (SSSR count). The van der Waals surface area contributed by atoms with Crippen LogP contribution in [0.1, 0.15) is 25.4 Å². The molecule has 0 spiro atoms. The van der Waals surface area contributed by atoms with Crippen molar-refractivity contribution in [2.24, 2.45) is 0 Å². The van der Waals surface area contributed by atoms with E-state index in [2.05, 4.69) is 20.8 Å². The monoisotopic (exact) mass is 277 g/mol. The second-order valence-electron chi connectivity index (χ2n) is 4.43. The molecule has 1 amide bonds. The van der Waals surface area contributed by atoms with Crippen LogP contribution < -0.4 is 10.6 Å². The zero-order chi connectivity index (χ0) is 14.4. The predicted molar refractivity (Wildman–Crippen MR) is 72.6 cm³/mol. The van der Waals surface area contributed by atoms with Crippen LogP contribution >= 0.6 is 0 Å². The topological polar surface area (TPSA) is 85.0 Å². The Labute approximate surface area is 117 Å². The van der Waals surface area contributed by atoms with E-state index >= 15 is 0 Å². The van der Waals surface area contributed by atoms with Gasteiger partial charge in [0.25, 0.3) is 0 Å². The van der Waals surface area contributed by atoms with Crippen LogP contribution in [-0.4, -0.2) is 26.7 Å². The number of amides is 1. The van der Waals surface area contributed by atoms with Crippen molar-refractivity contribution in [1.29, 1.82) is 0 Å². The Morgan fingerprint density at radius 2 is 2.35 bits per heavy atom. The van der Waals surface area contributed by atoms with Crippen molar-refractivity contribution in [3.05, 3.63) is 36.3 Å². The lowest BCUT2D eigenvalue weighted by atomic mass is 10.3. The molecule has 0 aliphatic carbocycles. The highest BCUT2D eigenvalue weighted by molar-refractivity contribution is 5.81. The van der Waals surface area contributed by atoms with Gasteiger partial charge in [-0.3, -0.25) is 10.1 Å². The number of rotatable bonds is 7. The summed E-state index contributed by atoms with van der Waals surface area (Å²) >= 11 is 0. The summed E-state index contributed by atoms with van der Waals surface area (Å²) in [5.41, 5.74) is 0. The average Bonchev–Trinajstić information content (AvgIpc) is 3.12. The third-order valence-corrected chi connectivity index (χ3v) is 3.01. The average molecular weight is 277 g/mol. The van der Waals surface area contributed by atoms with Gasteiger partial charge in [0.2, 0.25) is 5.91 Å². The first kappa shape index (κ1) is 14.3. The lowest BCUT2D eigenvalue weighted by Gasteiger charge is -2.13. The fourth-order valence-corrected chi connectivity index (χ4v) is 1.76. The molecule has 20 heavy (non-hydrogen) atoms. The van der Waals surface area contributed by atoms with Gasteiger partial charge < -0.3 is 14.3 Å². The lowest BCUT2D eigenvalue weighted by molar-refractivity contribution is -0.123. The molecule has 0 saturated heterocycles. The first-order chi connectivity index (χ1) is 9.70. The van der Waals surface area contributed by atoms with Crippen molar-refractivity contribution in [2.75, 3.05) is 0 Å². The van der Waals surface area contributed by atoms with Crippen LogP contribution in [0.3, 0.4) is 0 Å². The van der Waals surface area contributed by atoms with Crippen molar-refractivity contribution in [3.8, 4) is 0 Å². The fraction of sp³-hybridized carbons (Fsp3) is 0.462. The molecule has 7 nitrogen and oxygen atoms in total. The number of aromatic nitrogens is 3. The van der Waals surface area contributed by atoms with Gasteiger partial charge in [-0.15, -0.1) is 10.2 Å². The summed E-state index contributed by atoms with van der Waals surface area (Å²) in [6, 6.07) is 3.30. The van der Waals surface area contributed by atoms with E-state index in [4.69, 9.17) is 4.42 Å². The second-order valence-corrected chi connectivity index (χ2v) is 4.43. The highest BCUT2D eigenvalue weighted by atomic mass is 16.3. The molecule has 2 aromatic rings. The third kappa shape index (κ3) is 3.67. The zero-order valence-electron chi connectivity index (χ0n) is 11.7. The highest BCUT2D eigenvalue weighted by Crippen LogP contribution is 1.99. The van der Waals surface area contributed by atoms with E-state index in [1.54, 1.807) is 18.7 Å². The van der Waals surface area contributed by atoms with Crippen molar-refractivity contribution >= 4 is 5.91 Å². The van der Waals surface area contributed by atoms with Gasteiger partial charge in [0, 0.05) is 6.54 Å². The maximum atomic E-state index is 11.9. The summed E-state index contributed by atoms with van der Waals surface area (Å²) in [7, 11) is 0. The normalized spacial score (nSPS) is 12.3. The summed E-state index contributed by atoms with van der Waals surface area (Å²) in [5, 5.41) is 13.8. The summed E-state index contributed by atoms with van der Waals surface area (Å²) in [6.07, 6.45) is 3.26. The molecule has 0 aliphatic heterocycles. The van der Waals surface area contributed by atoms with Gasteiger partial charge in [0.15, 0.2) is 0 Å². The molecular formula is C13H19N5O2. The van der Waals surface area contributed by atoms with Gasteiger partial charge in [0.05, 0.1) is 25.4 Å². The maximum Gasteiger partial charge on any atom is 0.237 e. The van der Waals surface area contributed by atoms with Crippen LogP contribution in [0.4, 0.5) is 0 Å². The molecule has 0 saturated carbocycles. The van der Waals surface area contributed by atoms with Gasteiger partial charge in [-0.05, 0) is 26.0 Å². The Bertz CT molecular complexity index is 535. The van der Waals surface area contributed by atoms with Gasteiger partial charge in [-0.1, -0.05) is 0 Å². The number of hydrogen-bond donors (Lipinski definition) is 2. The largest absolute Gasteiger partial charge is 0.467 e. The number of nitrogens with zero attached hydrogens (tertiary/aromatic N) is 3. The Hall–Kier alpha value is -2.15. The first-order valence-electron chi connectivity index (χ1n) is 6.61. The minimum Gasteiger partial charge on any atom is -0.467 e. The molecule has 1 unspecified atom stereocenters. The van der Waals surface area contributed by atoms with Crippen LogP contribution in [0.2, 0.25) is 0 Å². The number of hydrogen-bond acceptors (Lipinski definition) is 5. The van der Waals surface area contributed by atoms with E-state index < -0.39 is 0 Å². The molecule has 2 N–H and O–H groups in total. The Morgan fingerprint density at radius 3 is 3.05 bits per heavy atom. The van der Waals surface area contributed by atoms with Crippen LogP contribution in [0, 0.1) is 0 Å². The summed E-state index contributed by atoms with van der Waals surface area (Å²) in [5.74, 6) is 1.47. The molecule has 0 aromatic carbocycles. The van der Waals surface area contributed by atoms with Gasteiger partial charge in [-0.2, -0.15) is 0 Å². The minimum absolute atomic E-state index is 0.0797. The van der Waals surface area contributed by atoms with Crippen molar-refractivity contribution in [1.82, 2.24) is 25.4 Å². The first-order valence-corrected chi connectivity index (χ1v) is 6.61. The van der Waals surface area contributed by atoms with E-state index in [0.717, 1.165) is 18.1 Å². The van der Waals surface area contributed by atoms with E-state index in [-0.39, 0.29) is 11.9 Å². The molecule has 1 atom stereocenters. The van der Waals surface area contributed by atoms with Crippen LogP contribution in [0.15, 0.2) is 29.1 Å². The number of carbonyl (C=O) groups excluding carboxylic acids is 1. The summed E-state index contributed by atoms with van der Waals surface area (Å²) < 4.78 is 7.09. The second kappa shape index (κ2) is 6.85. The van der Waals surface area contributed by atoms with E-state index in [1.165, 1.54) is 0 Å². The molecule has 2 aromatic heterocycles. The van der Waals surface area contributed by atoms with E-state index in [9.17, 15) is 4.79 Å². The number of carbonyl (C=O) groups is 1. The maximum absolute atomic E-state index is 11.9. The SMILES string of the molecule is CCn1cnnc1CNC(C)C(=O)NCc1ccco1. The highest BCUT2D eigenvalue weighted by Gasteiger charge is 2.13. The quantitative estimate of drug-likeness (QED) is 0.777. The van der Waals surface area contributed by atoms with Crippen molar-refractivity contribution in [3.63, 3.8) is 0 Å². The molecule has 7 heteroatoms. The smallest absolute Gasteiger partial charge is 0.237 e. The molecule has 0 bridgehead atoms. The molecule has 108 valence electrons. The minimum atomic E-state index is -0.313. The number of nitrogens with one attached hydrogen (secondary N) is 2. The predicted octanol–water partition coefficient (Wildman–Crippen LogP) is 0.685. The summed E-state index contributed by atoms with van der Waals surface area (Å²) in [6.45, 7) is 5.53. The number of aryl methyl sites for hydroxylation is 1. The van der Waals surface area contributed by atoms with E-state index in [1.807, 2.05) is 24.5 Å². The van der Waals surface area contributed by atoms with Crippen molar-refractivity contribution < 1.29 is 9.21 Å². The van der Waals surface area contributed by atoms with Crippen molar-refractivity contribution in [2.45, 2.75) is 39.5 Å². The molecule has 0 aliphatic rings. The van der Waals surface area contributed by atoms with Crippen LogP contribution in [0.5, 0.6) is 0 Å². The van der Waals surface area contributed by atoms with Gasteiger partial charge >= 0.3 is 0 Å². The van der Waals surface area contributed by atoms with Crippen LogP contribution in [-0.2, 0) is 24.4 Å². The molecule has 0 radical (unpaired) electrons. The number of furan rings is 1. The molecule has 0 fully saturated rings. The van der Waals surface area contributed by atoms with Gasteiger partial charge in [-0.25, -0.2) is 0 Å². The Kier molecular flexibility index (Phi) is 4.89. The van der Waals surface area contributed by atoms with Crippen LogP contribution in [0.25, 0.3) is 0 Å². The molecular weight excluding hydrogens is 258 g/mol. The summed E-state index contributed by atoms with van der Waals surface area (Å²) in [4.78, 5) is 11.9. The van der Waals surface area contributed by atoms with E-state index in [0.29, 0.717) is 13.1 Å². The zero-order valence-corrected chi connectivity index (χ0v) is 11.7. The van der Waals surface area contributed by atoms with Gasteiger partial charge in [0.1, 0.15) is 17.9 Å².